The van der Waals surface area contributed by atoms with Gasteiger partial charge in [-0.3, -0.25) is 9.59 Å². The Morgan fingerprint density at radius 2 is 2.11 bits per heavy atom. The second kappa shape index (κ2) is 3.98. The Morgan fingerprint density at radius 3 is 2.53 bits per heavy atom. The van der Waals surface area contributed by atoms with Crippen molar-refractivity contribution in [3.8, 4) is 6.07 Å². The Balaban J connectivity index is 2.48. The molecule has 0 bridgehead atoms. The Kier molecular flexibility index (Phi) is 2.81. The molecule has 2 amide bonds. The van der Waals surface area contributed by atoms with E-state index in [1.165, 1.54) is 13.0 Å². The van der Waals surface area contributed by atoms with Gasteiger partial charge in [-0.05, 0) is 19.8 Å². The van der Waals surface area contributed by atoms with Gasteiger partial charge in [-0.1, -0.05) is 0 Å². The van der Waals surface area contributed by atoms with Gasteiger partial charge in [0.1, 0.15) is 0 Å². The molecule has 102 valence electrons. The van der Waals surface area contributed by atoms with Crippen molar-refractivity contribution in [3.63, 3.8) is 0 Å². The van der Waals surface area contributed by atoms with E-state index in [4.69, 9.17) is 5.26 Å². The lowest BCUT2D eigenvalue weighted by atomic mass is 9.90. The molecule has 8 heteroatoms. The highest BCUT2D eigenvalue weighted by atomic mass is 19.4. The SMILES string of the molecule is CC1=C(C#N)[C@](NC(=O)C2CC2)(C(F)(F)F)C(=O)N1. The molecule has 2 N–H and O–H groups in total. The predicted octanol–water partition coefficient (Wildman–Crippen LogP) is 0.741. The van der Waals surface area contributed by atoms with Crippen molar-refractivity contribution in [2.75, 3.05) is 0 Å². The van der Waals surface area contributed by atoms with E-state index in [-0.39, 0.29) is 5.70 Å². The highest BCUT2D eigenvalue weighted by Crippen LogP contribution is 2.41. The van der Waals surface area contributed by atoms with E-state index in [1.54, 1.807) is 5.32 Å². The van der Waals surface area contributed by atoms with Crippen molar-refractivity contribution in [2.24, 2.45) is 5.92 Å². The molecule has 0 radical (unpaired) electrons. The third-order valence-corrected chi connectivity index (χ3v) is 3.19. The number of hydrogen-bond donors (Lipinski definition) is 2. The smallest absolute Gasteiger partial charge is 0.330 e. The first-order valence-corrected chi connectivity index (χ1v) is 5.55. The van der Waals surface area contributed by atoms with Crippen LogP contribution in [-0.4, -0.2) is 23.5 Å². The van der Waals surface area contributed by atoms with Gasteiger partial charge in [-0.2, -0.15) is 18.4 Å². The number of allylic oxidation sites excluding steroid dienone is 1. The molecule has 0 unspecified atom stereocenters. The summed E-state index contributed by atoms with van der Waals surface area (Å²) >= 11 is 0. The molecule has 0 saturated heterocycles. The second-order valence-electron chi connectivity index (χ2n) is 4.58. The van der Waals surface area contributed by atoms with Crippen LogP contribution in [0.2, 0.25) is 0 Å². The molecule has 1 heterocycles. The van der Waals surface area contributed by atoms with Gasteiger partial charge in [0.25, 0.3) is 11.4 Å². The van der Waals surface area contributed by atoms with Crippen molar-refractivity contribution in [1.82, 2.24) is 10.6 Å². The summed E-state index contributed by atoms with van der Waals surface area (Å²) in [6.07, 6.45) is -4.09. The Labute approximate surface area is 106 Å². The summed E-state index contributed by atoms with van der Waals surface area (Å²) in [5.41, 5.74) is -4.26. The number of nitrogens with zero attached hydrogens (tertiary/aromatic N) is 1. The molecule has 1 aliphatic heterocycles. The van der Waals surface area contributed by atoms with Gasteiger partial charge in [0.2, 0.25) is 5.91 Å². The summed E-state index contributed by atoms with van der Waals surface area (Å²) in [6.45, 7) is 1.19. The summed E-state index contributed by atoms with van der Waals surface area (Å²) < 4.78 is 39.8. The third-order valence-electron chi connectivity index (χ3n) is 3.19. The molecule has 0 spiro atoms. The minimum absolute atomic E-state index is 0.194. The zero-order valence-corrected chi connectivity index (χ0v) is 9.89. The number of amides is 2. The molecule has 0 aromatic rings. The monoisotopic (exact) mass is 273 g/mol. The fraction of sp³-hybridized carbons (Fsp3) is 0.545. The van der Waals surface area contributed by atoms with Gasteiger partial charge < -0.3 is 10.6 Å². The van der Waals surface area contributed by atoms with Gasteiger partial charge in [-0.25, -0.2) is 0 Å². The first-order valence-electron chi connectivity index (χ1n) is 5.55. The Morgan fingerprint density at radius 1 is 1.53 bits per heavy atom. The molecule has 0 aromatic carbocycles. The molecule has 5 nitrogen and oxygen atoms in total. The number of halogens is 3. The van der Waals surface area contributed by atoms with Crippen molar-refractivity contribution in [1.29, 1.82) is 5.26 Å². The Bertz CT molecular complexity index is 528. The Hall–Kier alpha value is -2.04. The summed E-state index contributed by atoms with van der Waals surface area (Å²) in [6, 6.07) is 1.37. The van der Waals surface area contributed by atoms with E-state index in [0.717, 1.165) is 0 Å². The third kappa shape index (κ3) is 1.85. The summed E-state index contributed by atoms with van der Waals surface area (Å²) in [5, 5.41) is 12.6. The first kappa shape index (κ1) is 13.4. The van der Waals surface area contributed by atoms with Crippen molar-refractivity contribution >= 4 is 11.8 Å². The van der Waals surface area contributed by atoms with Crippen LogP contribution < -0.4 is 10.6 Å². The fourth-order valence-electron chi connectivity index (χ4n) is 1.98. The standard InChI is InChI=1S/C11H10F3N3O2/c1-5-7(4-15)10(9(19)16-5,11(12,13)14)17-8(18)6-2-3-6/h6H,2-3H2,1H3,(H,16,19)(H,17,18)/t10-/m1/s1. The molecule has 19 heavy (non-hydrogen) atoms. The van der Waals surface area contributed by atoms with Gasteiger partial charge in [0.15, 0.2) is 0 Å². The van der Waals surface area contributed by atoms with Crippen molar-refractivity contribution < 1.29 is 22.8 Å². The van der Waals surface area contributed by atoms with Crippen LogP contribution in [0.1, 0.15) is 19.8 Å². The minimum Gasteiger partial charge on any atom is -0.330 e. The highest BCUT2D eigenvalue weighted by Gasteiger charge is 2.67. The molecule has 2 rings (SSSR count). The number of rotatable bonds is 2. The van der Waals surface area contributed by atoms with E-state index in [1.807, 2.05) is 5.32 Å². The van der Waals surface area contributed by atoms with E-state index < -0.39 is 35.0 Å². The molecule has 1 saturated carbocycles. The number of hydrogen-bond acceptors (Lipinski definition) is 3. The van der Waals surface area contributed by atoms with E-state index >= 15 is 0 Å². The molecule has 1 atom stereocenters. The summed E-state index contributed by atoms with van der Waals surface area (Å²) in [7, 11) is 0. The highest BCUT2D eigenvalue weighted by molar-refractivity contribution is 6.01. The van der Waals surface area contributed by atoms with Crippen LogP contribution in [-0.2, 0) is 9.59 Å². The van der Waals surface area contributed by atoms with Gasteiger partial charge in [0, 0.05) is 11.6 Å². The number of nitrogens with one attached hydrogen (secondary N) is 2. The van der Waals surface area contributed by atoms with E-state index in [0.29, 0.717) is 12.8 Å². The van der Waals surface area contributed by atoms with Crippen LogP contribution in [0.5, 0.6) is 0 Å². The van der Waals surface area contributed by atoms with Crippen LogP contribution in [0.15, 0.2) is 11.3 Å². The van der Waals surface area contributed by atoms with Crippen LogP contribution >= 0.6 is 0 Å². The minimum atomic E-state index is -5.08. The average Bonchev–Trinajstić information content (AvgIpc) is 3.06. The molecular weight excluding hydrogens is 263 g/mol. The van der Waals surface area contributed by atoms with Crippen LogP contribution in [0, 0.1) is 17.2 Å². The average molecular weight is 273 g/mol. The molecule has 1 aliphatic carbocycles. The predicted molar refractivity (Wildman–Crippen MR) is 56.1 cm³/mol. The van der Waals surface area contributed by atoms with Crippen LogP contribution in [0.25, 0.3) is 0 Å². The largest absolute Gasteiger partial charge is 0.425 e. The lowest BCUT2D eigenvalue weighted by Crippen LogP contribution is -2.65. The number of nitriles is 1. The van der Waals surface area contributed by atoms with Crippen molar-refractivity contribution in [3.05, 3.63) is 11.3 Å². The fourth-order valence-corrected chi connectivity index (χ4v) is 1.98. The zero-order chi connectivity index (χ0) is 14.4. The zero-order valence-electron chi connectivity index (χ0n) is 9.89. The number of carbonyl (C=O) groups is 2. The van der Waals surface area contributed by atoms with E-state index in [9.17, 15) is 22.8 Å². The normalized spacial score (nSPS) is 27.0. The lowest BCUT2D eigenvalue weighted by molar-refractivity contribution is -0.189. The van der Waals surface area contributed by atoms with Gasteiger partial charge in [0.05, 0.1) is 11.6 Å². The summed E-state index contributed by atoms with van der Waals surface area (Å²) in [4.78, 5) is 23.3. The summed E-state index contributed by atoms with van der Waals surface area (Å²) in [5.74, 6) is -2.80. The van der Waals surface area contributed by atoms with Gasteiger partial charge >= 0.3 is 6.18 Å². The number of carbonyl (C=O) groups excluding carboxylic acids is 2. The quantitative estimate of drug-likeness (QED) is 0.778. The topological polar surface area (TPSA) is 82.0 Å². The maximum atomic E-state index is 13.3. The maximum Gasteiger partial charge on any atom is 0.425 e. The van der Waals surface area contributed by atoms with E-state index in [2.05, 4.69) is 0 Å². The van der Waals surface area contributed by atoms with Gasteiger partial charge in [-0.15, -0.1) is 0 Å². The second-order valence-corrected chi connectivity index (χ2v) is 4.58. The molecular formula is C11H10F3N3O2. The molecule has 0 aromatic heterocycles. The maximum absolute atomic E-state index is 13.3. The first-order chi connectivity index (χ1) is 8.74. The van der Waals surface area contributed by atoms with Crippen LogP contribution in [0.4, 0.5) is 13.2 Å². The number of alkyl halides is 3. The van der Waals surface area contributed by atoms with Crippen LogP contribution in [0.3, 0.4) is 0 Å². The molecule has 1 fully saturated rings. The lowest BCUT2D eigenvalue weighted by Gasteiger charge is -2.30. The van der Waals surface area contributed by atoms with Crippen molar-refractivity contribution in [2.45, 2.75) is 31.5 Å². The molecule has 2 aliphatic rings.